The summed E-state index contributed by atoms with van der Waals surface area (Å²) in [4.78, 5) is 53.5. The number of aryl methyl sites for hydroxylation is 1. The average Bonchev–Trinajstić information content (AvgIpc) is 2.90. The highest BCUT2D eigenvalue weighted by molar-refractivity contribution is 6.24. The van der Waals surface area contributed by atoms with Crippen molar-refractivity contribution >= 4 is 29.1 Å². The zero-order chi connectivity index (χ0) is 30.5. The van der Waals surface area contributed by atoms with Crippen molar-refractivity contribution in [3.63, 3.8) is 0 Å². The number of rotatable bonds is 7. The predicted molar refractivity (Wildman–Crippen MR) is 156 cm³/mol. The predicted octanol–water partition coefficient (Wildman–Crippen LogP) is 3.13. The van der Waals surface area contributed by atoms with E-state index in [1.54, 1.807) is 19.1 Å². The largest absolute Gasteiger partial charge is 0.511 e. The normalized spacial score (nSPS) is 23.5. The molecule has 0 unspecified atom stereocenters. The summed E-state index contributed by atoms with van der Waals surface area (Å²) < 4.78 is 0. The minimum absolute atomic E-state index is 0.0567. The van der Waals surface area contributed by atoms with Crippen LogP contribution in [0.5, 0.6) is 0 Å². The summed E-state index contributed by atoms with van der Waals surface area (Å²) >= 11 is 0. The van der Waals surface area contributed by atoms with Crippen LogP contribution < -0.4 is 11.1 Å². The van der Waals surface area contributed by atoms with Crippen molar-refractivity contribution in [2.45, 2.75) is 44.6 Å². The summed E-state index contributed by atoms with van der Waals surface area (Å²) in [6.45, 7) is 2.58. The van der Waals surface area contributed by atoms with Gasteiger partial charge in [0, 0.05) is 35.6 Å². The number of aliphatic hydroxyl groups excluding tert-OH is 2. The summed E-state index contributed by atoms with van der Waals surface area (Å²) in [6.07, 6.45) is 1.34. The Balaban J connectivity index is 1.51. The number of anilines is 1. The standard InChI is InChI=1S/C32H35N3O7/c1-16-9-10-21(17-6-4-7-20(13-17)34-24(37)8-5-11-35(2)3)22-14-18-12-19-15-23(36)27(31(33)41)30(40)32(19,42)29(39)26(18)28(38)25(16)22/h4,6-7,9-10,13,18-19,36,39,42H,5,8,11-12,14-15H2,1-3H3,(H2,33,41)(H,34,37)/t18-,19+,32+/m1/s1. The maximum atomic E-state index is 14.0. The van der Waals surface area contributed by atoms with Gasteiger partial charge in [0.15, 0.2) is 11.4 Å². The Bertz CT molecular complexity index is 1590. The van der Waals surface area contributed by atoms with Gasteiger partial charge in [0.2, 0.25) is 11.7 Å². The van der Waals surface area contributed by atoms with Crippen LogP contribution in [-0.4, -0.2) is 69.8 Å². The van der Waals surface area contributed by atoms with Crippen LogP contribution >= 0.6 is 0 Å². The van der Waals surface area contributed by atoms with Gasteiger partial charge < -0.3 is 31.3 Å². The smallest absolute Gasteiger partial charge is 0.255 e. The van der Waals surface area contributed by atoms with Gasteiger partial charge >= 0.3 is 0 Å². The first-order chi connectivity index (χ1) is 19.8. The Morgan fingerprint density at radius 1 is 1.12 bits per heavy atom. The van der Waals surface area contributed by atoms with Crippen LogP contribution in [0.4, 0.5) is 5.69 Å². The molecule has 5 rings (SSSR count). The summed E-state index contributed by atoms with van der Waals surface area (Å²) in [5.41, 5.74) is 5.98. The first-order valence-electron chi connectivity index (χ1n) is 14.0. The van der Waals surface area contributed by atoms with Crippen molar-refractivity contribution in [2.75, 3.05) is 26.0 Å². The van der Waals surface area contributed by atoms with E-state index >= 15 is 0 Å². The molecule has 42 heavy (non-hydrogen) atoms. The zero-order valence-electron chi connectivity index (χ0n) is 23.9. The number of carbonyl (C=O) groups excluding carboxylic acids is 4. The molecule has 0 heterocycles. The number of fused-ring (bicyclic) bond motifs is 3. The molecule has 3 aliphatic carbocycles. The van der Waals surface area contributed by atoms with E-state index in [0.717, 1.165) is 29.7 Å². The molecule has 2 aromatic rings. The third-order valence-electron chi connectivity index (χ3n) is 8.64. The summed E-state index contributed by atoms with van der Waals surface area (Å²) in [6, 6.07) is 11.1. The van der Waals surface area contributed by atoms with Crippen LogP contribution in [0.15, 0.2) is 59.1 Å². The lowest BCUT2D eigenvalue weighted by Gasteiger charge is -2.45. The second-order valence-corrected chi connectivity index (χ2v) is 11.7. The van der Waals surface area contributed by atoms with Crippen molar-refractivity contribution in [1.82, 2.24) is 4.90 Å². The molecule has 6 N–H and O–H groups in total. The molecule has 0 fully saturated rings. The Morgan fingerprint density at radius 3 is 2.55 bits per heavy atom. The summed E-state index contributed by atoms with van der Waals surface area (Å²) in [5, 5.41) is 36.1. The second-order valence-electron chi connectivity index (χ2n) is 11.7. The number of benzene rings is 2. The number of nitrogens with one attached hydrogen (secondary N) is 1. The molecule has 10 heteroatoms. The molecule has 0 saturated carbocycles. The molecule has 220 valence electrons. The van der Waals surface area contributed by atoms with Gasteiger partial charge in [0.25, 0.3) is 5.91 Å². The highest BCUT2D eigenvalue weighted by atomic mass is 16.3. The molecule has 0 bridgehead atoms. The number of aliphatic hydroxyl groups is 3. The van der Waals surface area contributed by atoms with Gasteiger partial charge in [-0.1, -0.05) is 24.3 Å². The van der Waals surface area contributed by atoms with Gasteiger partial charge in [-0.25, -0.2) is 0 Å². The highest BCUT2D eigenvalue weighted by Crippen LogP contribution is 2.51. The van der Waals surface area contributed by atoms with Gasteiger partial charge in [0.05, 0.1) is 0 Å². The number of allylic oxidation sites excluding steroid dienone is 2. The van der Waals surface area contributed by atoms with Crippen molar-refractivity contribution in [3.8, 4) is 11.1 Å². The SMILES string of the molecule is Cc1ccc(-c2cccc(NC(=O)CCCN(C)C)c2)c2c1C(=O)C1=C(O)[C@]3(O)C(=O)C(C(N)=O)=C(O)C[C@@H]3C[C@@H]1C2. The number of amides is 2. The first-order valence-corrected chi connectivity index (χ1v) is 14.0. The summed E-state index contributed by atoms with van der Waals surface area (Å²) in [7, 11) is 3.91. The van der Waals surface area contributed by atoms with Gasteiger partial charge in [-0.3, -0.25) is 19.2 Å². The molecule has 0 radical (unpaired) electrons. The van der Waals surface area contributed by atoms with Crippen LogP contribution in [0, 0.1) is 18.8 Å². The van der Waals surface area contributed by atoms with E-state index in [2.05, 4.69) is 5.32 Å². The third-order valence-corrected chi connectivity index (χ3v) is 8.64. The van der Waals surface area contributed by atoms with E-state index < -0.39 is 52.0 Å². The van der Waals surface area contributed by atoms with Crippen LogP contribution in [0.1, 0.15) is 47.2 Å². The molecule has 0 saturated heterocycles. The van der Waals surface area contributed by atoms with Crippen molar-refractivity contribution < 1.29 is 34.5 Å². The van der Waals surface area contributed by atoms with E-state index in [0.29, 0.717) is 29.7 Å². The minimum Gasteiger partial charge on any atom is -0.511 e. The van der Waals surface area contributed by atoms with E-state index in [9.17, 15) is 34.5 Å². The lowest BCUT2D eigenvalue weighted by molar-refractivity contribution is -0.144. The summed E-state index contributed by atoms with van der Waals surface area (Å²) in [5.74, 6) is -5.79. The maximum Gasteiger partial charge on any atom is 0.255 e. The van der Waals surface area contributed by atoms with Crippen LogP contribution in [0.2, 0.25) is 0 Å². The Labute approximate surface area is 243 Å². The van der Waals surface area contributed by atoms with E-state index in [1.165, 1.54) is 0 Å². The minimum atomic E-state index is -2.53. The quantitative estimate of drug-likeness (QED) is 0.315. The highest BCUT2D eigenvalue weighted by Gasteiger charge is 2.59. The molecule has 2 aromatic carbocycles. The van der Waals surface area contributed by atoms with Crippen LogP contribution in [0.3, 0.4) is 0 Å². The lowest BCUT2D eigenvalue weighted by Crippen LogP contribution is -2.57. The number of Topliss-reactive ketones (excluding diaryl/α,β-unsaturated/α-hetero) is 2. The molecule has 0 spiro atoms. The number of nitrogens with two attached hydrogens (primary N) is 1. The van der Waals surface area contributed by atoms with E-state index in [4.69, 9.17) is 5.73 Å². The number of carbonyl (C=O) groups is 4. The lowest BCUT2D eigenvalue weighted by atomic mass is 9.60. The van der Waals surface area contributed by atoms with Crippen molar-refractivity contribution in [3.05, 3.63) is 75.8 Å². The van der Waals surface area contributed by atoms with Crippen molar-refractivity contribution in [2.24, 2.45) is 17.6 Å². The molecule has 0 aliphatic heterocycles. The third kappa shape index (κ3) is 4.80. The maximum absolute atomic E-state index is 14.0. The molecule has 3 atom stereocenters. The van der Waals surface area contributed by atoms with Gasteiger partial charge in [-0.15, -0.1) is 0 Å². The Morgan fingerprint density at radius 2 is 1.86 bits per heavy atom. The van der Waals surface area contributed by atoms with E-state index in [1.807, 2.05) is 43.3 Å². The molecular formula is C32H35N3O7. The number of hydrogen-bond donors (Lipinski definition) is 5. The molecule has 3 aliphatic rings. The fourth-order valence-electron chi connectivity index (χ4n) is 6.63. The van der Waals surface area contributed by atoms with Crippen LogP contribution in [0.25, 0.3) is 11.1 Å². The average molecular weight is 574 g/mol. The van der Waals surface area contributed by atoms with Gasteiger partial charge in [-0.2, -0.15) is 0 Å². The number of hydrogen-bond acceptors (Lipinski definition) is 8. The monoisotopic (exact) mass is 573 g/mol. The fraction of sp³-hybridized carbons (Fsp3) is 0.375. The second kappa shape index (κ2) is 10.8. The molecule has 2 amide bonds. The zero-order valence-corrected chi connectivity index (χ0v) is 23.9. The van der Waals surface area contributed by atoms with Crippen molar-refractivity contribution in [1.29, 1.82) is 0 Å². The molecular weight excluding hydrogens is 538 g/mol. The number of ketones is 2. The number of nitrogens with zero attached hydrogens (tertiary/aromatic N) is 1. The van der Waals surface area contributed by atoms with E-state index in [-0.39, 0.29) is 24.3 Å². The van der Waals surface area contributed by atoms with Crippen LogP contribution in [-0.2, 0) is 20.8 Å². The van der Waals surface area contributed by atoms with Gasteiger partial charge in [0.1, 0.15) is 17.1 Å². The first kappa shape index (κ1) is 29.2. The number of primary amides is 1. The molecule has 0 aromatic heterocycles. The Hall–Kier alpha value is -4.28. The topological polar surface area (TPSA) is 170 Å². The fourth-order valence-corrected chi connectivity index (χ4v) is 6.63. The van der Waals surface area contributed by atoms with Gasteiger partial charge in [-0.05, 0) is 87.1 Å². The Kier molecular flexibility index (Phi) is 7.55. The molecule has 10 nitrogen and oxygen atoms in total.